The summed E-state index contributed by atoms with van der Waals surface area (Å²) in [7, 11) is 0. The second-order valence-corrected chi connectivity index (χ2v) is 4.40. The zero-order valence-electron chi connectivity index (χ0n) is 10.4. The van der Waals surface area contributed by atoms with Crippen LogP contribution in [0.25, 0.3) is 0 Å². The summed E-state index contributed by atoms with van der Waals surface area (Å²) in [5, 5.41) is 14.2. The number of rotatable bonds is 4. The Morgan fingerprint density at radius 1 is 1.58 bits per heavy atom. The molecule has 1 fully saturated rings. The number of nitrogens with zero attached hydrogens (tertiary/aromatic N) is 1. The number of aromatic nitrogens is 2. The van der Waals surface area contributed by atoms with E-state index < -0.39 is 24.0 Å². The van der Waals surface area contributed by atoms with E-state index >= 15 is 0 Å². The van der Waals surface area contributed by atoms with Crippen LogP contribution in [0.15, 0.2) is 12.4 Å². The van der Waals surface area contributed by atoms with Crippen molar-refractivity contribution in [3.8, 4) is 0 Å². The van der Waals surface area contributed by atoms with Crippen molar-refractivity contribution in [1.29, 1.82) is 0 Å². The number of aromatic amines is 1. The van der Waals surface area contributed by atoms with E-state index in [1.165, 1.54) is 0 Å². The zero-order valence-corrected chi connectivity index (χ0v) is 10.4. The Hall–Kier alpha value is -2.09. The Morgan fingerprint density at radius 2 is 2.37 bits per heavy atom. The summed E-state index contributed by atoms with van der Waals surface area (Å²) in [5.41, 5.74) is 0. The number of H-pyrrole nitrogens is 1. The van der Waals surface area contributed by atoms with Gasteiger partial charge < -0.3 is 25.5 Å². The normalized spacial score (nSPS) is 23.8. The lowest BCUT2D eigenvalue weighted by Gasteiger charge is -2.18. The number of carboxylic acids is 1. The number of aliphatic carboxylic acids is 1. The summed E-state index contributed by atoms with van der Waals surface area (Å²) in [4.78, 5) is 29.6. The first kappa shape index (κ1) is 13.3. The largest absolute Gasteiger partial charge is 0.481 e. The van der Waals surface area contributed by atoms with Crippen molar-refractivity contribution >= 4 is 12.0 Å². The molecule has 1 aromatic heterocycles. The maximum absolute atomic E-state index is 11.8. The van der Waals surface area contributed by atoms with Crippen LogP contribution in [0.4, 0.5) is 4.79 Å². The summed E-state index contributed by atoms with van der Waals surface area (Å²) in [6.07, 6.45) is 3.26. The molecule has 3 atom stereocenters. The molecule has 0 bridgehead atoms. The van der Waals surface area contributed by atoms with Gasteiger partial charge in [-0.15, -0.1) is 0 Å². The van der Waals surface area contributed by atoms with Crippen LogP contribution < -0.4 is 10.6 Å². The molecule has 0 aromatic carbocycles. The summed E-state index contributed by atoms with van der Waals surface area (Å²) < 4.78 is 5.07. The van der Waals surface area contributed by atoms with Gasteiger partial charge in [-0.25, -0.2) is 9.78 Å². The second-order valence-electron chi connectivity index (χ2n) is 4.40. The van der Waals surface area contributed by atoms with Crippen LogP contribution in [0.3, 0.4) is 0 Å². The Labute approximate surface area is 109 Å². The van der Waals surface area contributed by atoms with Gasteiger partial charge in [-0.3, -0.25) is 4.79 Å². The Balaban J connectivity index is 1.86. The van der Waals surface area contributed by atoms with Crippen LogP contribution in [0.2, 0.25) is 0 Å². The second kappa shape index (κ2) is 5.70. The van der Waals surface area contributed by atoms with Gasteiger partial charge in [-0.1, -0.05) is 0 Å². The standard InChI is InChI=1S/C11H16N4O4/c1-6(9-12-2-3-13-9)14-11(18)15-8-5-19-4-7(8)10(16)17/h2-3,6-8H,4-5H2,1H3,(H,12,13)(H,16,17)(H2,14,15,18). The predicted molar refractivity (Wildman–Crippen MR) is 64.4 cm³/mol. The van der Waals surface area contributed by atoms with Crippen molar-refractivity contribution < 1.29 is 19.4 Å². The minimum Gasteiger partial charge on any atom is -0.481 e. The molecule has 2 amide bonds. The fourth-order valence-corrected chi connectivity index (χ4v) is 1.93. The van der Waals surface area contributed by atoms with Crippen molar-refractivity contribution in [3.63, 3.8) is 0 Å². The number of amides is 2. The van der Waals surface area contributed by atoms with Crippen LogP contribution in [-0.2, 0) is 9.53 Å². The topological polar surface area (TPSA) is 116 Å². The van der Waals surface area contributed by atoms with E-state index in [9.17, 15) is 9.59 Å². The summed E-state index contributed by atoms with van der Waals surface area (Å²) in [6, 6.07) is -1.24. The third-order valence-corrected chi connectivity index (χ3v) is 2.99. The molecule has 8 heteroatoms. The number of imidazole rings is 1. The zero-order chi connectivity index (χ0) is 13.8. The van der Waals surface area contributed by atoms with E-state index in [1.807, 2.05) is 0 Å². The molecule has 19 heavy (non-hydrogen) atoms. The molecule has 2 heterocycles. The molecule has 1 saturated heterocycles. The van der Waals surface area contributed by atoms with E-state index in [1.54, 1.807) is 19.3 Å². The lowest BCUT2D eigenvalue weighted by atomic mass is 10.0. The van der Waals surface area contributed by atoms with Gasteiger partial charge in [0.2, 0.25) is 0 Å². The summed E-state index contributed by atoms with van der Waals surface area (Å²) >= 11 is 0. The molecule has 0 saturated carbocycles. The summed E-state index contributed by atoms with van der Waals surface area (Å²) in [6.45, 7) is 2.10. The summed E-state index contributed by atoms with van der Waals surface area (Å²) in [5.74, 6) is -1.04. The maximum Gasteiger partial charge on any atom is 0.315 e. The van der Waals surface area contributed by atoms with Gasteiger partial charge in [0, 0.05) is 12.4 Å². The van der Waals surface area contributed by atoms with E-state index in [4.69, 9.17) is 9.84 Å². The van der Waals surface area contributed by atoms with Gasteiger partial charge in [0.05, 0.1) is 25.3 Å². The number of carbonyl (C=O) groups is 2. The average molecular weight is 268 g/mol. The Bertz CT molecular complexity index is 448. The van der Waals surface area contributed by atoms with E-state index in [2.05, 4.69) is 20.6 Å². The molecule has 0 radical (unpaired) electrons. The number of ether oxygens (including phenoxy) is 1. The minimum atomic E-state index is -0.970. The highest BCUT2D eigenvalue weighted by atomic mass is 16.5. The van der Waals surface area contributed by atoms with Crippen molar-refractivity contribution in [2.75, 3.05) is 13.2 Å². The van der Waals surface area contributed by atoms with Gasteiger partial charge in [0.15, 0.2) is 0 Å². The van der Waals surface area contributed by atoms with Crippen molar-refractivity contribution in [2.24, 2.45) is 5.92 Å². The maximum atomic E-state index is 11.8. The van der Waals surface area contributed by atoms with Crippen molar-refractivity contribution in [3.05, 3.63) is 18.2 Å². The molecular formula is C11H16N4O4. The fraction of sp³-hybridized carbons (Fsp3) is 0.545. The van der Waals surface area contributed by atoms with Gasteiger partial charge >= 0.3 is 12.0 Å². The van der Waals surface area contributed by atoms with Gasteiger partial charge in [-0.2, -0.15) is 0 Å². The van der Waals surface area contributed by atoms with Gasteiger partial charge in [0.25, 0.3) is 0 Å². The number of urea groups is 1. The smallest absolute Gasteiger partial charge is 0.315 e. The lowest BCUT2D eigenvalue weighted by Crippen LogP contribution is -2.47. The molecular weight excluding hydrogens is 252 g/mol. The lowest BCUT2D eigenvalue weighted by molar-refractivity contribution is -0.142. The highest BCUT2D eigenvalue weighted by molar-refractivity contribution is 5.77. The third kappa shape index (κ3) is 3.22. The van der Waals surface area contributed by atoms with Gasteiger partial charge in [0.1, 0.15) is 11.7 Å². The average Bonchev–Trinajstić information content (AvgIpc) is 2.98. The number of carboxylic acid groups (broad SMARTS) is 1. The molecule has 2 rings (SSSR count). The number of hydrogen-bond donors (Lipinski definition) is 4. The first-order valence-corrected chi connectivity index (χ1v) is 5.94. The third-order valence-electron chi connectivity index (χ3n) is 2.99. The van der Waals surface area contributed by atoms with Crippen molar-refractivity contribution in [2.45, 2.75) is 19.0 Å². The van der Waals surface area contributed by atoms with E-state index in [0.29, 0.717) is 5.82 Å². The van der Waals surface area contributed by atoms with Crippen LogP contribution in [0.5, 0.6) is 0 Å². The number of hydrogen-bond acceptors (Lipinski definition) is 4. The van der Waals surface area contributed by atoms with Crippen LogP contribution >= 0.6 is 0 Å². The fourth-order valence-electron chi connectivity index (χ4n) is 1.93. The highest BCUT2D eigenvalue weighted by Gasteiger charge is 2.35. The van der Waals surface area contributed by atoms with Crippen LogP contribution in [0.1, 0.15) is 18.8 Å². The van der Waals surface area contributed by atoms with Gasteiger partial charge in [-0.05, 0) is 6.92 Å². The van der Waals surface area contributed by atoms with Crippen LogP contribution in [0, 0.1) is 5.92 Å². The molecule has 1 aromatic rings. The first-order valence-electron chi connectivity index (χ1n) is 5.94. The molecule has 1 aliphatic rings. The molecule has 8 nitrogen and oxygen atoms in total. The SMILES string of the molecule is CC(NC(=O)NC1COCC1C(=O)O)c1ncc[nH]1. The van der Waals surface area contributed by atoms with E-state index in [-0.39, 0.29) is 19.3 Å². The molecule has 3 unspecified atom stereocenters. The minimum absolute atomic E-state index is 0.119. The van der Waals surface area contributed by atoms with Crippen molar-refractivity contribution in [1.82, 2.24) is 20.6 Å². The molecule has 104 valence electrons. The molecule has 0 aliphatic carbocycles. The first-order chi connectivity index (χ1) is 9.08. The quantitative estimate of drug-likeness (QED) is 0.607. The van der Waals surface area contributed by atoms with E-state index in [0.717, 1.165) is 0 Å². The Kier molecular flexibility index (Phi) is 4.00. The Morgan fingerprint density at radius 3 is 3.00 bits per heavy atom. The van der Waals surface area contributed by atoms with Crippen LogP contribution in [-0.4, -0.2) is 46.3 Å². The molecule has 0 spiro atoms. The number of nitrogens with one attached hydrogen (secondary N) is 3. The number of carbonyl (C=O) groups excluding carboxylic acids is 1. The predicted octanol–water partition coefficient (Wildman–Crippen LogP) is -0.130. The monoisotopic (exact) mass is 268 g/mol. The molecule has 4 N–H and O–H groups in total. The highest BCUT2D eigenvalue weighted by Crippen LogP contribution is 2.14. The molecule has 1 aliphatic heterocycles.